The second-order valence-corrected chi connectivity index (χ2v) is 13.3. The molecular weight excluding hydrogens is 641 g/mol. The zero-order valence-electron chi connectivity index (χ0n) is 26.9. The number of aryl methyl sites for hydroxylation is 2. The number of nitrogens with one attached hydrogen (secondary N) is 2. The SMILES string of the molecule is CCOC(=O)c1ccc(NC(=O)CSc2nnc(CNC(=O)c3ccc(S(=O)(=O)N(CC)CC)cc3)n2-c2cc(C)ccc2C)cc1. The van der Waals surface area contributed by atoms with Crippen molar-refractivity contribution in [2.45, 2.75) is 51.2 Å². The summed E-state index contributed by atoms with van der Waals surface area (Å²) in [4.78, 5) is 37.9. The Hall–Kier alpha value is -4.53. The second kappa shape index (κ2) is 15.8. The minimum absolute atomic E-state index is 0.0255. The Morgan fingerprint density at radius 1 is 0.894 bits per heavy atom. The molecule has 2 amide bonds. The van der Waals surface area contributed by atoms with E-state index in [0.717, 1.165) is 16.8 Å². The monoisotopic (exact) mass is 678 g/mol. The number of anilines is 1. The zero-order chi connectivity index (χ0) is 34.1. The van der Waals surface area contributed by atoms with Crippen LogP contribution in [0.25, 0.3) is 5.69 Å². The molecule has 0 aliphatic rings. The highest BCUT2D eigenvalue weighted by Gasteiger charge is 2.22. The van der Waals surface area contributed by atoms with Gasteiger partial charge >= 0.3 is 5.97 Å². The van der Waals surface area contributed by atoms with E-state index in [2.05, 4.69) is 20.8 Å². The summed E-state index contributed by atoms with van der Waals surface area (Å²) in [5.74, 6) is -0.647. The minimum Gasteiger partial charge on any atom is -0.462 e. The molecule has 0 atom stereocenters. The van der Waals surface area contributed by atoms with Crippen LogP contribution in [0.4, 0.5) is 5.69 Å². The number of aromatic nitrogens is 3. The van der Waals surface area contributed by atoms with Gasteiger partial charge in [0, 0.05) is 24.3 Å². The van der Waals surface area contributed by atoms with Gasteiger partial charge in [-0.15, -0.1) is 10.2 Å². The maximum Gasteiger partial charge on any atom is 0.338 e. The molecule has 248 valence electrons. The summed E-state index contributed by atoms with van der Waals surface area (Å²) >= 11 is 1.19. The number of hydrogen-bond donors (Lipinski definition) is 2. The van der Waals surface area contributed by atoms with Crippen molar-refractivity contribution in [3.05, 3.63) is 94.8 Å². The first kappa shape index (κ1) is 35.3. The van der Waals surface area contributed by atoms with Crippen LogP contribution in [0.15, 0.2) is 76.8 Å². The van der Waals surface area contributed by atoms with Gasteiger partial charge in [0.15, 0.2) is 11.0 Å². The van der Waals surface area contributed by atoms with Gasteiger partial charge in [0.05, 0.1) is 35.1 Å². The summed E-state index contributed by atoms with van der Waals surface area (Å²) in [6.07, 6.45) is 0. The molecule has 0 radical (unpaired) electrons. The summed E-state index contributed by atoms with van der Waals surface area (Å²) in [5.41, 5.74) is 3.97. The van der Waals surface area contributed by atoms with Crippen molar-refractivity contribution in [3.8, 4) is 5.69 Å². The van der Waals surface area contributed by atoms with Crippen molar-refractivity contribution in [1.82, 2.24) is 24.4 Å². The van der Waals surface area contributed by atoms with Gasteiger partial charge in [-0.1, -0.05) is 37.7 Å². The lowest BCUT2D eigenvalue weighted by Crippen LogP contribution is -2.30. The van der Waals surface area contributed by atoms with Crippen LogP contribution in [0.3, 0.4) is 0 Å². The highest BCUT2D eigenvalue weighted by Crippen LogP contribution is 2.26. The molecule has 2 N–H and O–H groups in total. The van der Waals surface area contributed by atoms with Crippen molar-refractivity contribution in [1.29, 1.82) is 0 Å². The topological polar surface area (TPSA) is 153 Å². The third kappa shape index (κ3) is 8.64. The molecule has 1 heterocycles. The number of esters is 1. The third-order valence-electron chi connectivity index (χ3n) is 7.18. The van der Waals surface area contributed by atoms with Crippen LogP contribution >= 0.6 is 11.8 Å². The molecule has 0 saturated carbocycles. The summed E-state index contributed by atoms with van der Waals surface area (Å²) in [7, 11) is -3.64. The fourth-order valence-electron chi connectivity index (χ4n) is 4.69. The van der Waals surface area contributed by atoms with Gasteiger partial charge in [-0.25, -0.2) is 13.2 Å². The Kier molecular flexibility index (Phi) is 11.9. The highest BCUT2D eigenvalue weighted by atomic mass is 32.2. The van der Waals surface area contributed by atoms with E-state index in [-0.39, 0.29) is 29.7 Å². The summed E-state index contributed by atoms with van der Waals surface area (Å²) in [6, 6.07) is 18.2. The Balaban J connectivity index is 1.48. The van der Waals surface area contributed by atoms with Crippen LogP contribution in [0.1, 0.15) is 58.4 Å². The van der Waals surface area contributed by atoms with Crippen LogP contribution in [-0.2, 0) is 26.1 Å². The number of sulfonamides is 1. The Morgan fingerprint density at radius 3 is 2.19 bits per heavy atom. The number of nitrogens with zero attached hydrogens (tertiary/aromatic N) is 4. The first-order valence-corrected chi connectivity index (χ1v) is 17.5. The van der Waals surface area contributed by atoms with E-state index < -0.39 is 21.9 Å². The maximum atomic E-state index is 13.1. The molecule has 0 unspecified atom stereocenters. The lowest BCUT2D eigenvalue weighted by molar-refractivity contribution is -0.113. The number of amides is 2. The second-order valence-electron chi connectivity index (χ2n) is 10.5. The van der Waals surface area contributed by atoms with Gasteiger partial charge in [-0.2, -0.15) is 4.31 Å². The molecule has 3 aromatic carbocycles. The lowest BCUT2D eigenvalue weighted by Gasteiger charge is -2.18. The highest BCUT2D eigenvalue weighted by molar-refractivity contribution is 7.99. The fourth-order valence-corrected chi connectivity index (χ4v) is 6.92. The van der Waals surface area contributed by atoms with Gasteiger partial charge in [0.1, 0.15) is 0 Å². The zero-order valence-corrected chi connectivity index (χ0v) is 28.6. The average molecular weight is 679 g/mol. The largest absolute Gasteiger partial charge is 0.462 e. The van der Waals surface area contributed by atoms with E-state index in [1.807, 2.05) is 36.6 Å². The lowest BCUT2D eigenvalue weighted by atomic mass is 10.1. The number of carbonyl (C=O) groups is 3. The van der Waals surface area contributed by atoms with Crippen LogP contribution in [-0.4, -0.2) is 70.7 Å². The summed E-state index contributed by atoms with van der Waals surface area (Å²) in [5, 5.41) is 14.8. The van der Waals surface area contributed by atoms with E-state index >= 15 is 0 Å². The number of rotatable bonds is 14. The van der Waals surface area contributed by atoms with Gasteiger partial charge in [-0.3, -0.25) is 14.2 Å². The molecule has 1 aromatic heterocycles. The van der Waals surface area contributed by atoms with E-state index in [1.54, 1.807) is 45.0 Å². The standard InChI is InChI=1S/C33H38N6O6S2/c1-6-38(7-2)47(43,44)27-17-13-24(14-18-27)31(41)34-20-29-36-37-33(39(29)28-19-22(4)9-10-23(28)5)46-21-30(40)35-26-15-11-25(12-16-26)32(42)45-8-3/h9-19H,6-8,20-21H2,1-5H3,(H,34,41)(H,35,40). The molecule has 0 saturated heterocycles. The molecule has 47 heavy (non-hydrogen) atoms. The van der Waals surface area contributed by atoms with E-state index in [9.17, 15) is 22.8 Å². The van der Waals surface area contributed by atoms with Crippen LogP contribution in [0.2, 0.25) is 0 Å². The van der Waals surface area contributed by atoms with Gasteiger partial charge in [0.25, 0.3) is 5.91 Å². The number of carbonyl (C=O) groups excluding carboxylic acids is 3. The smallest absolute Gasteiger partial charge is 0.338 e. The quantitative estimate of drug-likeness (QED) is 0.142. The number of thioether (sulfide) groups is 1. The summed E-state index contributed by atoms with van der Waals surface area (Å²) in [6.45, 7) is 10.2. The minimum atomic E-state index is -3.64. The number of benzene rings is 3. The predicted octanol–water partition coefficient (Wildman–Crippen LogP) is 4.75. The van der Waals surface area contributed by atoms with Crippen molar-refractivity contribution in [3.63, 3.8) is 0 Å². The molecular formula is C33H38N6O6S2. The first-order chi connectivity index (χ1) is 22.5. The molecule has 14 heteroatoms. The van der Waals surface area contributed by atoms with E-state index in [0.29, 0.717) is 40.9 Å². The van der Waals surface area contributed by atoms with Gasteiger partial charge in [-0.05, 0) is 86.5 Å². The van der Waals surface area contributed by atoms with Gasteiger partial charge < -0.3 is 15.4 Å². The molecule has 4 aromatic rings. The van der Waals surface area contributed by atoms with Crippen LogP contribution < -0.4 is 10.6 Å². The Bertz CT molecular complexity index is 1840. The predicted molar refractivity (Wildman–Crippen MR) is 180 cm³/mol. The van der Waals surface area contributed by atoms with Crippen molar-refractivity contribution in [2.75, 3.05) is 30.8 Å². The molecule has 12 nitrogen and oxygen atoms in total. The molecule has 0 aliphatic heterocycles. The third-order valence-corrected chi connectivity index (χ3v) is 10.2. The molecule has 0 spiro atoms. The van der Waals surface area contributed by atoms with Crippen LogP contribution in [0, 0.1) is 13.8 Å². The summed E-state index contributed by atoms with van der Waals surface area (Å²) < 4.78 is 33.8. The van der Waals surface area contributed by atoms with Crippen molar-refractivity contribution in [2.24, 2.45) is 0 Å². The Morgan fingerprint density at radius 2 is 1.55 bits per heavy atom. The van der Waals surface area contributed by atoms with Gasteiger partial charge in [0.2, 0.25) is 15.9 Å². The van der Waals surface area contributed by atoms with E-state index in [4.69, 9.17) is 4.74 Å². The van der Waals surface area contributed by atoms with Crippen molar-refractivity contribution >= 4 is 45.3 Å². The Labute approximate surface area is 279 Å². The molecule has 4 rings (SSSR count). The number of ether oxygens (including phenoxy) is 1. The number of hydrogen-bond acceptors (Lipinski definition) is 9. The van der Waals surface area contributed by atoms with Crippen molar-refractivity contribution < 1.29 is 27.5 Å². The fraction of sp³-hybridized carbons (Fsp3) is 0.303. The average Bonchev–Trinajstić information content (AvgIpc) is 3.47. The molecule has 0 bridgehead atoms. The maximum absolute atomic E-state index is 13.1. The molecule has 0 aliphatic carbocycles. The normalized spacial score (nSPS) is 11.4. The van der Waals surface area contributed by atoms with Crippen LogP contribution in [0.5, 0.6) is 0 Å². The first-order valence-electron chi connectivity index (χ1n) is 15.1. The molecule has 0 fully saturated rings. The van der Waals surface area contributed by atoms with E-state index in [1.165, 1.54) is 40.3 Å².